The third-order valence-corrected chi connectivity index (χ3v) is 7.21. The highest BCUT2D eigenvalue weighted by atomic mass is 32.2. The highest BCUT2D eigenvalue weighted by Crippen LogP contribution is 2.31. The number of hydrogen-bond donors (Lipinski definition) is 0. The van der Waals surface area contributed by atoms with Gasteiger partial charge < -0.3 is 0 Å². The summed E-state index contributed by atoms with van der Waals surface area (Å²) in [6.07, 6.45) is 0. The molecule has 0 aliphatic carbocycles. The van der Waals surface area contributed by atoms with Gasteiger partial charge in [0, 0.05) is 50.3 Å². The molecule has 24 heavy (non-hydrogen) atoms. The van der Waals surface area contributed by atoms with E-state index in [9.17, 15) is 8.42 Å². The summed E-state index contributed by atoms with van der Waals surface area (Å²) in [6.45, 7) is 12.9. The molecule has 6 heteroatoms. The molecule has 1 aromatic carbocycles. The van der Waals surface area contributed by atoms with Crippen molar-refractivity contribution in [1.29, 1.82) is 0 Å². The maximum absolute atomic E-state index is 13.1. The van der Waals surface area contributed by atoms with E-state index in [-0.39, 0.29) is 11.6 Å². The number of fused-ring (bicyclic) bond motifs is 1. The van der Waals surface area contributed by atoms with E-state index in [1.54, 1.807) is 28.6 Å². The van der Waals surface area contributed by atoms with Crippen LogP contribution in [-0.2, 0) is 10.0 Å². The van der Waals surface area contributed by atoms with Gasteiger partial charge in [0.05, 0.1) is 4.90 Å². The van der Waals surface area contributed by atoms with Crippen LogP contribution in [0.25, 0.3) is 0 Å². The molecule has 0 bridgehead atoms. The number of rotatable bonds is 3. The Kier molecular flexibility index (Phi) is 4.77. The Labute approximate surface area is 146 Å². The van der Waals surface area contributed by atoms with E-state index in [0.717, 1.165) is 19.6 Å². The first-order chi connectivity index (χ1) is 11.2. The molecule has 2 heterocycles. The first-order valence-corrected chi connectivity index (χ1v) is 10.2. The number of piperazine rings is 2. The van der Waals surface area contributed by atoms with Crippen molar-refractivity contribution < 1.29 is 8.42 Å². The van der Waals surface area contributed by atoms with Crippen LogP contribution in [0.15, 0.2) is 35.2 Å². The molecule has 2 aliphatic heterocycles. The van der Waals surface area contributed by atoms with Crippen molar-refractivity contribution in [3.63, 3.8) is 0 Å². The van der Waals surface area contributed by atoms with Crippen LogP contribution in [0.4, 0.5) is 0 Å². The second-order valence-corrected chi connectivity index (χ2v) is 9.80. The Morgan fingerprint density at radius 2 is 1.75 bits per heavy atom. The first-order valence-electron chi connectivity index (χ1n) is 8.78. The van der Waals surface area contributed by atoms with Gasteiger partial charge in [0.2, 0.25) is 10.0 Å². The quantitative estimate of drug-likeness (QED) is 0.834. The van der Waals surface area contributed by atoms with E-state index < -0.39 is 10.0 Å². The SMILES string of the molecule is CC(C)N1CCN2[C@@H](C1)CN(S(=O)(=O)c1ccccc1)CC2(C)C. The molecular weight excluding hydrogens is 322 g/mol. The van der Waals surface area contributed by atoms with Crippen LogP contribution in [0.1, 0.15) is 27.7 Å². The Bertz CT molecular complexity index is 673. The lowest BCUT2D eigenvalue weighted by molar-refractivity contribution is -0.0497. The van der Waals surface area contributed by atoms with Gasteiger partial charge in [-0.25, -0.2) is 8.42 Å². The maximum atomic E-state index is 13.1. The minimum absolute atomic E-state index is 0.145. The summed E-state index contributed by atoms with van der Waals surface area (Å²) in [4.78, 5) is 5.35. The Hall–Kier alpha value is -0.950. The topological polar surface area (TPSA) is 43.9 Å². The third-order valence-electron chi connectivity index (χ3n) is 5.38. The van der Waals surface area contributed by atoms with Gasteiger partial charge in [0.25, 0.3) is 0 Å². The zero-order valence-corrected chi connectivity index (χ0v) is 16.0. The normalized spacial score (nSPS) is 26.5. The fraction of sp³-hybridized carbons (Fsp3) is 0.667. The standard InChI is InChI=1S/C18H29N3O2S/c1-15(2)19-10-11-21-16(12-19)13-20(14-18(21,3)4)24(22,23)17-8-6-5-7-9-17/h5-9,15-16H,10-14H2,1-4H3/t16-/m0/s1. The fourth-order valence-corrected chi connectivity index (χ4v) is 5.70. The van der Waals surface area contributed by atoms with Crippen molar-refractivity contribution in [2.75, 3.05) is 32.7 Å². The fourth-order valence-electron chi connectivity index (χ4n) is 4.05. The van der Waals surface area contributed by atoms with Crippen LogP contribution in [0.5, 0.6) is 0 Å². The molecule has 2 aliphatic rings. The second kappa shape index (κ2) is 6.41. The highest BCUT2D eigenvalue weighted by Gasteiger charge is 2.46. The van der Waals surface area contributed by atoms with Crippen molar-refractivity contribution in [3.8, 4) is 0 Å². The summed E-state index contributed by atoms with van der Waals surface area (Å²) in [5.74, 6) is 0. The Morgan fingerprint density at radius 1 is 1.08 bits per heavy atom. The minimum atomic E-state index is -3.43. The van der Waals surface area contributed by atoms with Gasteiger partial charge >= 0.3 is 0 Å². The molecule has 1 atom stereocenters. The predicted molar refractivity (Wildman–Crippen MR) is 96.5 cm³/mol. The first kappa shape index (κ1) is 17.9. The maximum Gasteiger partial charge on any atom is 0.243 e. The average Bonchev–Trinajstić information content (AvgIpc) is 2.54. The summed E-state index contributed by atoms with van der Waals surface area (Å²) >= 11 is 0. The zero-order chi connectivity index (χ0) is 17.5. The van der Waals surface area contributed by atoms with E-state index >= 15 is 0 Å². The van der Waals surface area contributed by atoms with Gasteiger partial charge in [-0.3, -0.25) is 9.80 Å². The van der Waals surface area contributed by atoms with Crippen molar-refractivity contribution >= 4 is 10.0 Å². The molecule has 0 N–H and O–H groups in total. The molecule has 134 valence electrons. The van der Waals surface area contributed by atoms with E-state index in [2.05, 4.69) is 37.5 Å². The summed E-state index contributed by atoms with van der Waals surface area (Å²) in [5.41, 5.74) is -0.145. The van der Waals surface area contributed by atoms with E-state index in [1.807, 2.05) is 6.07 Å². The molecule has 2 saturated heterocycles. The zero-order valence-electron chi connectivity index (χ0n) is 15.1. The van der Waals surface area contributed by atoms with Crippen molar-refractivity contribution in [1.82, 2.24) is 14.1 Å². The monoisotopic (exact) mass is 351 g/mol. The lowest BCUT2D eigenvalue weighted by Gasteiger charge is -2.55. The van der Waals surface area contributed by atoms with Crippen molar-refractivity contribution in [3.05, 3.63) is 30.3 Å². The lowest BCUT2D eigenvalue weighted by Crippen LogP contribution is -2.70. The largest absolute Gasteiger partial charge is 0.298 e. The molecule has 0 radical (unpaired) electrons. The minimum Gasteiger partial charge on any atom is -0.298 e. The van der Waals surface area contributed by atoms with E-state index in [4.69, 9.17) is 0 Å². The number of hydrogen-bond acceptors (Lipinski definition) is 4. The molecular formula is C18H29N3O2S. The summed E-state index contributed by atoms with van der Waals surface area (Å²) in [7, 11) is -3.43. The molecule has 3 rings (SSSR count). The van der Waals surface area contributed by atoms with Crippen LogP contribution in [0, 0.1) is 0 Å². The molecule has 2 fully saturated rings. The number of nitrogens with zero attached hydrogens (tertiary/aromatic N) is 3. The van der Waals surface area contributed by atoms with Gasteiger partial charge in [0.1, 0.15) is 0 Å². The van der Waals surface area contributed by atoms with Gasteiger partial charge in [-0.1, -0.05) is 18.2 Å². The van der Waals surface area contributed by atoms with Gasteiger partial charge in [-0.2, -0.15) is 4.31 Å². The predicted octanol–water partition coefficient (Wildman–Crippen LogP) is 1.86. The van der Waals surface area contributed by atoms with E-state index in [0.29, 0.717) is 24.0 Å². The molecule has 0 amide bonds. The van der Waals surface area contributed by atoms with Crippen LogP contribution in [0.3, 0.4) is 0 Å². The molecule has 5 nitrogen and oxygen atoms in total. The number of sulfonamides is 1. The van der Waals surface area contributed by atoms with Gasteiger partial charge in [0.15, 0.2) is 0 Å². The average molecular weight is 352 g/mol. The molecule has 0 unspecified atom stereocenters. The molecule has 0 saturated carbocycles. The van der Waals surface area contributed by atoms with Crippen LogP contribution in [-0.4, -0.2) is 72.9 Å². The third kappa shape index (κ3) is 3.25. The Morgan fingerprint density at radius 3 is 2.38 bits per heavy atom. The smallest absolute Gasteiger partial charge is 0.243 e. The Balaban J connectivity index is 1.87. The van der Waals surface area contributed by atoms with E-state index in [1.165, 1.54) is 0 Å². The summed E-state index contributed by atoms with van der Waals surface area (Å²) in [5, 5.41) is 0. The van der Waals surface area contributed by atoms with Crippen LogP contribution < -0.4 is 0 Å². The van der Waals surface area contributed by atoms with Crippen LogP contribution in [0.2, 0.25) is 0 Å². The molecule has 0 spiro atoms. The van der Waals surface area contributed by atoms with Gasteiger partial charge in [-0.15, -0.1) is 0 Å². The number of benzene rings is 1. The van der Waals surface area contributed by atoms with Crippen molar-refractivity contribution in [2.24, 2.45) is 0 Å². The molecule has 0 aromatic heterocycles. The van der Waals surface area contributed by atoms with Crippen molar-refractivity contribution in [2.45, 2.75) is 50.2 Å². The summed E-state index contributed by atoms with van der Waals surface area (Å²) in [6, 6.07) is 9.55. The van der Waals surface area contributed by atoms with Crippen LogP contribution >= 0.6 is 0 Å². The summed E-state index contributed by atoms with van der Waals surface area (Å²) < 4.78 is 27.8. The highest BCUT2D eigenvalue weighted by molar-refractivity contribution is 7.89. The lowest BCUT2D eigenvalue weighted by atomic mass is 9.94. The second-order valence-electron chi connectivity index (χ2n) is 7.86. The van der Waals surface area contributed by atoms with Gasteiger partial charge in [-0.05, 0) is 39.8 Å². The molecule has 1 aromatic rings.